The Labute approximate surface area is 195 Å². The maximum absolute atomic E-state index is 14.0. The summed E-state index contributed by atoms with van der Waals surface area (Å²) >= 11 is 0. The van der Waals surface area contributed by atoms with Crippen LogP contribution in [0.25, 0.3) is 22.4 Å². The first-order valence-electron chi connectivity index (χ1n) is 10.2. The highest BCUT2D eigenvalue weighted by molar-refractivity contribution is 7.92. The third kappa shape index (κ3) is 5.21. The second-order valence-corrected chi connectivity index (χ2v) is 8.92. The van der Waals surface area contributed by atoms with Crippen molar-refractivity contribution in [2.45, 2.75) is 4.90 Å². The van der Waals surface area contributed by atoms with E-state index in [0.717, 1.165) is 23.3 Å². The fourth-order valence-electron chi connectivity index (χ4n) is 3.33. The Bertz CT molecular complexity index is 1410. The molecule has 2 aromatic carbocycles. The minimum Gasteiger partial charge on any atom is -0.383 e. The zero-order chi connectivity index (χ0) is 24.1. The summed E-state index contributed by atoms with van der Waals surface area (Å²) in [5, 5.41) is 10.2. The van der Waals surface area contributed by atoms with Gasteiger partial charge in [-0.1, -0.05) is 12.1 Å². The summed E-state index contributed by atoms with van der Waals surface area (Å²) in [6.45, 7) is 1.13. The van der Waals surface area contributed by atoms with Gasteiger partial charge in [0, 0.05) is 36.7 Å². The maximum atomic E-state index is 14.0. The smallest absolute Gasteiger partial charge is 0.264 e. The number of hydrogen-bond acceptors (Lipinski definition) is 6. The average molecular weight is 486 g/mol. The van der Waals surface area contributed by atoms with Gasteiger partial charge in [0.25, 0.3) is 10.0 Å². The highest BCUT2D eigenvalue weighted by Crippen LogP contribution is 2.32. The van der Waals surface area contributed by atoms with E-state index in [9.17, 15) is 17.2 Å². The highest BCUT2D eigenvalue weighted by atomic mass is 32.2. The number of nitrogens with zero attached hydrogens (tertiary/aromatic N) is 2. The Balaban J connectivity index is 1.62. The second-order valence-electron chi connectivity index (χ2n) is 7.27. The van der Waals surface area contributed by atoms with Crippen LogP contribution in [0.3, 0.4) is 0 Å². The predicted octanol–water partition coefficient (Wildman–Crippen LogP) is 4.28. The normalized spacial score (nSPS) is 11.4. The largest absolute Gasteiger partial charge is 0.383 e. The Morgan fingerprint density at radius 1 is 1.06 bits per heavy atom. The van der Waals surface area contributed by atoms with Gasteiger partial charge >= 0.3 is 0 Å². The zero-order valence-electron chi connectivity index (χ0n) is 18.0. The number of aromatic amines is 1. The molecule has 0 saturated carbocycles. The molecule has 3 N–H and O–H groups in total. The molecule has 0 bridgehead atoms. The average Bonchev–Trinajstić information content (AvgIpc) is 3.31. The van der Waals surface area contributed by atoms with E-state index in [1.54, 1.807) is 37.7 Å². The van der Waals surface area contributed by atoms with Gasteiger partial charge in [-0.2, -0.15) is 5.10 Å². The number of aromatic nitrogens is 3. The molecule has 11 heteroatoms. The summed E-state index contributed by atoms with van der Waals surface area (Å²) in [6.07, 6.45) is 3.32. The van der Waals surface area contributed by atoms with Crippen LogP contribution in [0, 0.1) is 11.6 Å². The van der Waals surface area contributed by atoms with Crippen molar-refractivity contribution < 1.29 is 21.9 Å². The summed E-state index contributed by atoms with van der Waals surface area (Å²) in [5.74, 6) is -1.24. The number of ether oxygens (including phenoxy) is 1. The molecule has 0 aliphatic rings. The summed E-state index contributed by atoms with van der Waals surface area (Å²) in [6, 6.07) is 12.5. The molecule has 0 spiro atoms. The van der Waals surface area contributed by atoms with Crippen LogP contribution in [0.4, 0.5) is 20.3 Å². The molecular formula is C23H21F2N5O3S. The lowest BCUT2D eigenvalue weighted by molar-refractivity contribution is 0.210. The van der Waals surface area contributed by atoms with E-state index < -0.39 is 26.6 Å². The van der Waals surface area contributed by atoms with Crippen molar-refractivity contribution >= 4 is 21.5 Å². The number of anilines is 2. The van der Waals surface area contributed by atoms with Crippen molar-refractivity contribution in [1.82, 2.24) is 15.2 Å². The number of pyridine rings is 1. The van der Waals surface area contributed by atoms with Crippen molar-refractivity contribution in [3.05, 3.63) is 78.6 Å². The Morgan fingerprint density at radius 2 is 1.91 bits per heavy atom. The quantitative estimate of drug-likeness (QED) is 0.306. The number of nitrogens with one attached hydrogen (secondary N) is 3. The molecule has 34 heavy (non-hydrogen) atoms. The first-order chi connectivity index (χ1) is 16.4. The van der Waals surface area contributed by atoms with Crippen molar-refractivity contribution in [3.63, 3.8) is 0 Å². The van der Waals surface area contributed by atoms with Gasteiger partial charge in [0.2, 0.25) is 0 Å². The minimum atomic E-state index is -4.35. The lowest BCUT2D eigenvalue weighted by Crippen LogP contribution is -2.15. The zero-order valence-corrected chi connectivity index (χ0v) is 18.9. The van der Waals surface area contributed by atoms with Gasteiger partial charge in [-0.3, -0.25) is 9.82 Å². The fraction of sp³-hybridized carbons (Fsp3) is 0.130. The van der Waals surface area contributed by atoms with Crippen molar-refractivity contribution in [3.8, 4) is 22.4 Å². The Morgan fingerprint density at radius 3 is 2.74 bits per heavy atom. The maximum Gasteiger partial charge on any atom is 0.264 e. The van der Waals surface area contributed by atoms with Crippen molar-refractivity contribution in [2.75, 3.05) is 30.3 Å². The van der Waals surface area contributed by atoms with E-state index in [2.05, 4.69) is 25.2 Å². The Hall–Kier alpha value is -3.83. The molecule has 0 atom stereocenters. The summed E-state index contributed by atoms with van der Waals surface area (Å²) in [7, 11) is -2.73. The lowest BCUT2D eigenvalue weighted by Gasteiger charge is -2.11. The van der Waals surface area contributed by atoms with Crippen LogP contribution < -0.4 is 10.0 Å². The molecule has 2 aromatic heterocycles. The molecule has 176 valence electrons. The van der Waals surface area contributed by atoms with E-state index in [0.29, 0.717) is 36.3 Å². The van der Waals surface area contributed by atoms with E-state index in [4.69, 9.17) is 4.74 Å². The number of sulfonamides is 1. The number of H-pyrrole nitrogens is 1. The SMILES string of the molecule is COCCNc1cc(-c2cn[nH]c2-c2cccc(NS(=O)(=O)c3cc(F)ccc3F)c2)ccn1. The molecule has 2 heterocycles. The molecule has 0 aliphatic carbocycles. The van der Waals surface area contributed by atoms with E-state index in [1.165, 1.54) is 6.07 Å². The van der Waals surface area contributed by atoms with E-state index in [-0.39, 0.29) is 5.69 Å². The van der Waals surface area contributed by atoms with Gasteiger partial charge in [-0.15, -0.1) is 0 Å². The van der Waals surface area contributed by atoms with Crippen LogP contribution in [0.1, 0.15) is 0 Å². The molecule has 4 rings (SSSR count). The first kappa shape index (κ1) is 23.3. The third-order valence-electron chi connectivity index (χ3n) is 4.91. The number of halogens is 2. The molecule has 0 unspecified atom stereocenters. The predicted molar refractivity (Wildman–Crippen MR) is 125 cm³/mol. The molecule has 0 saturated heterocycles. The van der Waals surface area contributed by atoms with Crippen molar-refractivity contribution in [1.29, 1.82) is 0 Å². The third-order valence-corrected chi connectivity index (χ3v) is 6.31. The van der Waals surface area contributed by atoms with Crippen LogP contribution >= 0.6 is 0 Å². The van der Waals surface area contributed by atoms with Gasteiger partial charge in [-0.25, -0.2) is 22.2 Å². The molecule has 0 fully saturated rings. The molecule has 0 amide bonds. The minimum absolute atomic E-state index is 0.179. The number of hydrogen-bond donors (Lipinski definition) is 3. The van der Waals surface area contributed by atoms with Crippen LogP contribution in [0.2, 0.25) is 0 Å². The molecular weight excluding hydrogens is 464 g/mol. The van der Waals surface area contributed by atoms with Crippen LogP contribution in [0.5, 0.6) is 0 Å². The van der Waals surface area contributed by atoms with Gasteiger partial charge in [0.15, 0.2) is 0 Å². The fourth-order valence-corrected chi connectivity index (χ4v) is 4.47. The van der Waals surface area contributed by atoms with Crippen LogP contribution in [0.15, 0.2) is 71.9 Å². The highest BCUT2D eigenvalue weighted by Gasteiger charge is 2.21. The molecule has 8 nitrogen and oxygen atoms in total. The number of benzene rings is 2. The second kappa shape index (κ2) is 9.98. The molecule has 0 aliphatic heterocycles. The monoisotopic (exact) mass is 485 g/mol. The molecule has 4 aromatic rings. The lowest BCUT2D eigenvalue weighted by atomic mass is 10.0. The summed E-state index contributed by atoms with van der Waals surface area (Å²) < 4.78 is 60.2. The van der Waals surface area contributed by atoms with Gasteiger partial charge in [-0.05, 0) is 48.0 Å². The summed E-state index contributed by atoms with van der Waals surface area (Å²) in [5.41, 5.74) is 3.07. The Kier molecular flexibility index (Phi) is 6.85. The van der Waals surface area contributed by atoms with Crippen LogP contribution in [-0.2, 0) is 14.8 Å². The van der Waals surface area contributed by atoms with Gasteiger partial charge < -0.3 is 10.1 Å². The van der Waals surface area contributed by atoms with E-state index in [1.807, 2.05) is 12.1 Å². The molecule has 0 radical (unpaired) electrons. The summed E-state index contributed by atoms with van der Waals surface area (Å²) in [4.78, 5) is 3.52. The van der Waals surface area contributed by atoms with Crippen molar-refractivity contribution in [2.24, 2.45) is 0 Å². The standard InChI is InChI=1S/C23H21F2N5O3S/c1-33-10-9-27-22-12-15(7-8-26-22)19-14-28-29-23(19)16-3-2-4-18(11-16)30-34(31,32)21-13-17(24)5-6-20(21)25/h2-8,11-14,30H,9-10H2,1H3,(H,26,27)(H,28,29). The number of methoxy groups -OCH3 is 1. The van der Waals surface area contributed by atoms with Gasteiger partial charge in [0.1, 0.15) is 22.3 Å². The van der Waals surface area contributed by atoms with Crippen LogP contribution in [-0.4, -0.2) is 43.9 Å². The topological polar surface area (TPSA) is 109 Å². The first-order valence-corrected chi connectivity index (χ1v) is 11.7. The van der Waals surface area contributed by atoms with E-state index >= 15 is 0 Å². The number of rotatable bonds is 9. The van der Waals surface area contributed by atoms with Gasteiger partial charge in [0.05, 0.1) is 18.5 Å².